The fraction of sp³-hybridized carbons (Fsp3) is 0.500. The van der Waals surface area contributed by atoms with Gasteiger partial charge in [0.15, 0.2) is 5.78 Å². The SMILES string of the molecule is O=C(O)CCC(=O)c1ccc(OC2CCCCC2)cc1. The summed E-state index contributed by atoms with van der Waals surface area (Å²) in [5.41, 5.74) is 0.544. The molecule has 0 amide bonds. The van der Waals surface area contributed by atoms with Gasteiger partial charge in [0.25, 0.3) is 0 Å². The van der Waals surface area contributed by atoms with E-state index in [9.17, 15) is 9.59 Å². The number of hydrogen-bond acceptors (Lipinski definition) is 3. The summed E-state index contributed by atoms with van der Waals surface area (Å²) < 4.78 is 5.88. The Bertz CT molecular complexity index is 458. The van der Waals surface area contributed by atoms with Gasteiger partial charge in [-0.2, -0.15) is 0 Å². The van der Waals surface area contributed by atoms with Crippen LogP contribution >= 0.6 is 0 Å². The lowest BCUT2D eigenvalue weighted by Crippen LogP contribution is -2.19. The van der Waals surface area contributed by atoms with Gasteiger partial charge in [0, 0.05) is 12.0 Å². The smallest absolute Gasteiger partial charge is 0.303 e. The molecule has 4 heteroatoms. The van der Waals surface area contributed by atoms with Crippen LogP contribution in [0.3, 0.4) is 0 Å². The number of benzene rings is 1. The van der Waals surface area contributed by atoms with Crippen LogP contribution in [0.4, 0.5) is 0 Å². The summed E-state index contributed by atoms with van der Waals surface area (Å²) in [6, 6.07) is 7.01. The molecule has 1 saturated carbocycles. The molecule has 4 nitrogen and oxygen atoms in total. The van der Waals surface area contributed by atoms with E-state index >= 15 is 0 Å². The van der Waals surface area contributed by atoms with Crippen LogP contribution in [0.1, 0.15) is 55.3 Å². The molecule has 20 heavy (non-hydrogen) atoms. The van der Waals surface area contributed by atoms with Crippen molar-refractivity contribution in [3.8, 4) is 5.75 Å². The molecule has 1 aromatic rings. The number of hydrogen-bond donors (Lipinski definition) is 1. The van der Waals surface area contributed by atoms with E-state index < -0.39 is 5.97 Å². The molecule has 1 aliphatic rings. The first kappa shape index (κ1) is 14.6. The van der Waals surface area contributed by atoms with Crippen LogP contribution < -0.4 is 4.74 Å². The lowest BCUT2D eigenvalue weighted by Gasteiger charge is -2.23. The first-order valence-corrected chi connectivity index (χ1v) is 7.17. The van der Waals surface area contributed by atoms with Crippen LogP contribution in [-0.2, 0) is 4.79 Å². The van der Waals surface area contributed by atoms with Crippen LogP contribution in [-0.4, -0.2) is 23.0 Å². The number of carbonyl (C=O) groups is 2. The topological polar surface area (TPSA) is 63.6 Å². The number of aliphatic carboxylic acids is 1. The van der Waals surface area contributed by atoms with Crippen molar-refractivity contribution in [2.24, 2.45) is 0 Å². The predicted octanol–water partition coefficient (Wildman–Crippen LogP) is 3.45. The monoisotopic (exact) mass is 276 g/mol. The highest BCUT2D eigenvalue weighted by Crippen LogP contribution is 2.23. The highest BCUT2D eigenvalue weighted by molar-refractivity contribution is 5.97. The van der Waals surface area contributed by atoms with Gasteiger partial charge in [0.05, 0.1) is 12.5 Å². The Labute approximate surface area is 118 Å². The van der Waals surface area contributed by atoms with Crippen LogP contribution in [0.2, 0.25) is 0 Å². The minimum Gasteiger partial charge on any atom is -0.490 e. The van der Waals surface area contributed by atoms with Gasteiger partial charge in [0.2, 0.25) is 0 Å². The largest absolute Gasteiger partial charge is 0.490 e. The Morgan fingerprint density at radius 1 is 1.05 bits per heavy atom. The second-order valence-corrected chi connectivity index (χ2v) is 5.22. The Hall–Kier alpha value is -1.84. The number of rotatable bonds is 6. The van der Waals surface area contributed by atoms with Gasteiger partial charge in [-0.1, -0.05) is 6.42 Å². The molecule has 2 rings (SSSR count). The number of carboxylic acid groups (broad SMARTS) is 1. The summed E-state index contributed by atoms with van der Waals surface area (Å²) in [4.78, 5) is 22.2. The maximum atomic E-state index is 11.7. The van der Waals surface area contributed by atoms with E-state index in [-0.39, 0.29) is 24.7 Å². The number of carbonyl (C=O) groups excluding carboxylic acids is 1. The molecule has 0 radical (unpaired) electrons. The lowest BCUT2D eigenvalue weighted by atomic mass is 9.98. The fourth-order valence-electron chi connectivity index (χ4n) is 2.46. The molecule has 0 spiro atoms. The normalized spacial score (nSPS) is 15.8. The summed E-state index contributed by atoms with van der Waals surface area (Å²) in [7, 11) is 0. The molecule has 0 aromatic heterocycles. The third kappa shape index (κ3) is 4.37. The Morgan fingerprint density at radius 2 is 1.70 bits per heavy atom. The maximum absolute atomic E-state index is 11.7. The third-order valence-electron chi connectivity index (χ3n) is 3.60. The Balaban J connectivity index is 1.88. The molecule has 1 aromatic carbocycles. The number of ketones is 1. The summed E-state index contributed by atoms with van der Waals surface area (Å²) in [5, 5.41) is 8.56. The van der Waals surface area contributed by atoms with Crippen molar-refractivity contribution in [1.29, 1.82) is 0 Å². The summed E-state index contributed by atoms with van der Waals surface area (Å²) >= 11 is 0. The zero-order valence-corrected chi connectivity index (χ0v) is 11.5. The lowest BCUT2D eigenvalue weighted by molar-refractivity contribution is -0.136. The second kappa shape index (κ2) is 7.08. The van der Waals surface area contributed by atoms with E-state index in [1.54, 1.807) is 24.3 Å². The minimum atomic E-state index is -0.949. The van der Waals surface area contributed by atoms with E-state index in [4.69, 9.17) is 9.84 Å². The molecule has 0 saturated heterocycles. The maximum Gasteiger partial charge on any atom is 0.303 e. The van der Waals surface area contributed by atoms with Crippen molar-refractivity contribution in [3.63, 3.8) is 0 Å². The summed E-state index contributed by atoms with van der Waals surface area (Å²) in [6.45, 7) is 0. The summed E-state index contributed by atoms with van der Waals surface area (Å²) in [5.74, 6) is -0.307. The zero-order chi connectivity index (χ0) is 14.4. The van der Waals surface area contributed by atoms with E-state index in [0.29, 0.717) is 5.56 Å². The van der Waals surface area contributed by atoms with Gasteiger partial charge in [-0.05, 0) is 49.9 Å². The first-order chi connectivity index (χ1) is 9.65. The molecule has 1 N–H and O–H groups in total. The van der Waals surface area contributed by atoms with Crippen LogP contribution in [0.25, 0.3) is 0 Å². The minimum absolute atomic E-state index is 0.0398. The van der Waals surface area contributed by atoms with Crippen molar-refractivity contribution in [3.05, 3.63) is 29.8 Å². The molecular weight excluding hydrogens is 256 g/mol. The average Bonchev–Trinajstić information content (AvgIpc) is 2.46. The second-order valence-electron chi connectivity index (χ2n) is 5.22. The van der Waals surface area contributed by atoms with Gasteiger partial charge in [-0.15, -0.1) is 0 Å². The average molecular weight is 276 g/mol. The van der Waals surface area contributed by atoms with Gasteiger partial charge in [-0.3, -0.25) is 9.59 Å². The van der Waals surface area contributed by atoms with Crippen LogP contribution in [0, 0.1) is 0 Å². The highest BCUT2D eigenvalue weighted by atomic mass is 16.5. The number of Topliss-reactive ketones (excluding diaryl/α,β-unsaturated/α-hetero) is 1. The molecule has 1 aliphatic carbocycles. The molecule has 0 bridgehead atoms. The number of carboxylic acids is 1. The molecule has 1 fully saturated rings. The molecule has 0 aliphatic heterocycles. The molecule has 0 unspecified atom stereocenters. The van der Waals surface area contributed by atoms with Gasteiger partial charge in [-0.25, -0.2) is 0 Å². The van der Waals surface area contributed by atoms with E-state index in [2.05, 4.69) is 0 Å². The van der Waals surface area contributed by atoms with E-state index in [0.717, 1.165) is 18.6 Å². The third-order valence-corrected chi connectivity index (χ3v) is 3.60. The first-order valence-electron chi connectivity index (χ1n) is 7.17. The Morgan fingerprint density at radius 3 is 2.30 bits per heavy atom. The van der Waals surface area contributed by atoms with Crippen LogP contribution in [0.15, 0.2) is 24.3 Å². The zero-order valence-electron chi connectivity index (χ0n) is 11.5. The van der Waals surface area contributed by atoms with Gasteiger partial charge < -0.3 is 9.84 Å². The molecule has 0 atom stereocenters. The van der Waals surface area contributed by atoms with Crippen molar-refractivity contribution >= 4 is 11.8 Å². The van der Waals surface area contributed by atoms with E-state index in [1.807, 2.05) is 0 Å². The molecule has 0 heterocycles. The summed E-state index contributed by atoms with van der Waals surface area (Å²) in [6.07, 6.45) is 6.12. The quantitative estimate of drug-likeness (QED) is 0.808. The number of ether oxygens (including phenoxy) is 1. The highest BCUT2D eigenvalue weighted by Gasteiger charge is 2.15. The van der Waals surface area contributed by atoms with Crippen molar-refractivity contribution < 1.29 is 19.4 Å². The van der Waals surface area contributed by atoms with Crippen LogP contribution in [0.5, 0.6) is 5.75 Å². The standard InChI is InChI=1S/C16H20O4/c17-15(10-11-16(18)19)12-6-8-14(9-7-12)20-13-4-2-1-3-5-13/h6-9,13H,1-5,10-11H2,(H,18,19). The Kier molecular flexibility index (Phi) is 5.16. The van der Waals surface area contributed by atoms with E-state index in [1.165, 1.54) is 19.3 Å². The van der Waals surface area contributed by atoms with Crippen molar-refractivity contribution in [1.82, 2.24) is 0 Å². The van der Waals surface area contributed by atoms with Gasteiger partial charge >= 0.3 is 5.97 Å². The van der Waals surface area contributed by atoms with Crippen molar-refractivity contribution in [2.45, 2.75) is 51.0 Å². The van der Waals surface area contributed by atoms with Gasteiger partial charge in [0.1, 0.15) is 5.75 Å². The molecule has 108 valence electrons. The fourth-order valence-corrected chi connectivity index (χ4v) is 2.46. The van der Waals surface area contributed by atoms with Crippen molar-refractivity contribution in [2.75, 3.05) is 0 Å². The predicted molar refractivity (Wildman–Crippen MR) is 75.1 cm³/mol. The molecular formula is C16H20O4.